The highest BCUT2D eigenvalue weighted by Gasteiger charge is 2.68. The average Bonchev–Trinajstić information content (AvgIpc) is 2.96. The third-order valence-corrected chi connectivity index (χ3v) is 9.30. The van der Waals surface area contributed by atoms with Gasteiger partial charge in [-0.3, -0.25) is 4.79 Å². The molecule has 3 atom stereocenters. The lowest BCUT2D eigenvalue weighted by atomic mass is 9.95. The van der Waals surface area contributed by atoms with Crippen molar-refractivity contribution in [1.29, 1.82) is 0 Å². The first-order valence-electron chi connectivity index (χ1n) is 8.65. The predicted octanol–water partition coefficient (Wildman–Crippen LogP) is 3.64. The Balaban J connectivity index is 1.58. The number of fused-ring (bicyclic) bond motifs is 2. The van der Waals surface area contributed by atoms with E-state index in [0.29, 0.717) is 16.9 Å². The van der Waals surface area contributed by atoms with Crippen LogP contribution in [0.15, 0.2) is 34.9 Å². The summed E-state index contributed by atoms with van der Waals surface area (Å²) in [6, 6.07) is 7.03. The van der Waals surface area contributed by atoms with Gasteiger partial charge >= 0.3 is 10.2 Å². The van der Waals surface area contributed by atoms with Gasteiger partial charge in [-0.2, -0.15) is 12.7 Å². The molecule has 6 nitrogen and oxygen atoms in total. The van der Waals surface area contributed by atoms with E-state index in [1.54, 1.807) is 24.3 Å². The van der Waals surface area contributed by atoms with Gasteiger partial charge in [-0.15, -0.1) is 0 Å². The van der Waals surface area contributed by atoms with Crippen LogP contribution in [-0.2, 0) is 10.2 Å². The third kappa shape index (κ3) is 2.53. The van der Waals surface area contributed by atoms with Crippen molar-refractivity contribution in [2.24, 2.45) is 11.3 Å². The molecule has 2 aliphatic carbocycles. The highest BCUT2D eigenvalue weighted by molar-refractivity contribution is 9.10. The second kappa shape index (κ2) is 5.81. The van der Waals surface area contributed by atoms with Crippen LogP contribution in [0.1, 0.15) is 43.0 Å². The fourth-order valence-electron chi connectivity index (χ4n) is 4.45. The highest BCUT2D eigenvalue weighted by Crippen LogP contribution is 2.71. The van der Waals surface area contributed by atoms with Crippen molar-refractivity contribution in [2.75, 3.05) is 7.05 Å². The molecule has 0 spiro atoms. The predicted molar refractivity (Wildman–Crippen MR) is 102 cm³/mol. The summed E-state index contributed by atoms with van der Waals surface area (Å²) in [5.41, 5.74) is 0.707. The first-order valence-corrected chi connectivity index (χ1v) is 10.9. The maximum atomic E-state index is 12.9. The Bertz CT molecular complexity index is 984. The Kier molecular flexibility index (Phi) is 4.02. The summed E-state index contributed by atoms with van der Waals surface area (Å²) in [6.45, 7) is 1.88. The van der Waals surface area contributed by atoms with E-state index < -0.39 is 20.6 Å². The van der Waals surface area contributed by atoms with Crippen LogP contribution in [0.2, 0.25) is 0 Å². The Morgan fingerprint density at radius 3 is 2.81 bits per heavy atom. The minimum absolute atomic E-state index is 0.0398. The average molecular weight is 441 g/mol. The number of alkyl halides is 1. The van der Waals surface area contributed by atoms with E-state index in [-0.39, 0.29) is 11.0 Å². The number of carbonyl (C=O) groups is 1. The second-order valence-corrected chi connectivity index (χ2v) is 10.7. The fourth-order valence-corrected chi connectivity index (χ4v) is 6.82. The van der Waals surface area contributed by atoms with Gasteiger partial charge in [-0.1, -0.05) is 40.5 Å². The van der Waals surface area contributed by atoms with Crippen LogP contribution in [0.4, 0.5) is 0 Å². The van der Waals surface area contributed by atoms with Crippen molar-refractivity contribution in [3.63, 3.8) is 0 Å². The first kappa shape index (κ1) is 18.0. The maximum Gasteiger partial charge on any atom is 0.305 e. The SMILES string of the molecule is CN(C(C)(Br)C12CCCC1C2)S(=O)(=O)NC(=O)c1coc2ccccc12. The van der Waals surface area contributed by atoms with E-state index in [2.05, 4.69) is 20.7 Å². The number of amides is 1. The summed E-state index contributed by atoms with van der Waals surface area (Å²) in [5, 5.41) is 0.584. The minimum atomic E-state index is -4.02. The molecule has 1 amide bonds. The van der Waals surface area contributed by atoms with Crippen molar-refractivity contribution in [2.45, 2.75) is 37.1 Å². The molecule has 140 valence electrons. The Labute approximate surface area is 161 Å². The molecule has 2 fully saturated rings. The van der Waals surface area contributed by atoms with Gasteiger partial charge in [-0.25, -0.2) is 4.72 Å². The number of rotatable bonds is 5. The number of hydrogen-bond donors (Lipinski definition) is 1. The molecule has 0 aliphatic heterocycles. The van der Waals surface area contributed by atoms with E-state index in [9.17, 15) is 13.2 Å². The van der Waals surface area contributed by atoms with Crippen LogP contribution in [0.25, 0.3) is 11.0 Å². The lowest BCUT2D eigenvalue weighted by Gasteiger charge is -2.39. The maximum absolute atomic E-state index is 12.9. The van der Waals surface area contributed by atoms with Gasteiger partial charge < -0.3 is 4.42 Å². The van der Waals surface area contributed by atoms with Crippen LogP contribution in [0.5, 0.6) is 0 Å². The zero-order valence-corrected chi connectivity index (χ0v) is 17.1. The number of halogens is 1. The van der Waals surface area contributed by atoms with Crippen molar-refractivity contribution in [1.82, 2.24) is 9.03 Å². The van der Waals surface area contributed by atoms with Gasteiger partial charge in [0.15, 0.2) is 0 Å². The molecule has 1 heterocycles. The molecule has 1 aromatic heterocycles. The lowest BCUT2D eigenvalue weighted by molar-refractivity contribution is 0.0978. The largest absolute Gasteiger partial charge is 0.463 e. The smallest absolute Gasteiger partial charge is 0.305 e. The number of para-hydroxylation sites is 1. The van der Waals surface area contributed by atoms with E-state index >= 15 is 0 Å². The zero-order chi connectivity index (χ0) is 18.7. The van der Waals surface area contributed by atoms with Crippen LogP contribution in [0.3, 0.4) is 0 Å². The standard InChI is InChI=1S/C18H21BrN2O4S/c1-17(19,18-9-5-6-12(18)10-18)21(2)26(23,24)20-16(22)14-11-25-15-8-4-3-7-13(14)15/h3-4,7-8,11-12H,5-6,9-10H2,1-2H3,(H,20,22). The van der Waals surface area contributed by atoms with Gasteiger partial charge in [0.1, 0.15) is 11.8 Å². The van der Waals surface area contributed by atoms with Crippen LogP contribution in [-0.4, -0.2) is 30.1 Å². The van der Waals surface area contributed by atoms with Crippen molar-refractivity contribution < 1.29 is 17.6 Å². The molecule has 3 unspecified atom stereocenters. The number of hydrogen-bond acceptors (Lipinski definition) is 4. The Morgan fingerprint density at radius 1 is 1.42 bits per heavy atom. The summed E-state index contributed by atoms with van der Waals surface area (Å²) in [5.74, 6) is -0.139. The van der Waals surface area contributed by atoms with Crippen molar-refractivity contribution in [3.8, 4) is 0 Å². The number of benzene rings is 1. The molecule has 0 saturated heterocycles. The van der Waals surface area contributed by atoms with E-state index in [0.717, 1.165) is 25.7 Å². The van der Waals surface area contributed by atoms with Gasteiger partial charge in [0.05, 0.1) is 10.0 Å². The van der Waals surface area contributed by atoms with Gasteiger partial charge in [0.25, 0.3) is 5.91 Å². The van der Waals surface area contributed by atoms with E-state index in [4.69, 9.17) is 4.42 Å². The lowest BCUT2D eigenvalue weighted by Crippen LogP contribution is -2.53. The van der Waals surface area contributed by atoms with Crippen LogP contribution >= 0.6 is 15.9 Å². The minimum Gasteiger partial charge on any atom is -0.463 e. The molecule has 0 radical (unpaired) electrons. The number of furan rings is 1. The number of nitrogens with zero attached hydrogens (tertiary/aromatic N) is 1. The quantitative estimate of drug-likeness (QED) is 0.568. The van der Waals surface area contributed by atoms with Crippen molar-refractivity contribution >= 4 is 43.0 Å². The molecule has 26 heavy (non-hydrogen) atoms. The third-order valence-electron chi connectivity index (χ3n) is 6.22. The van der Waals surface area contributed by atoms with Crippen molar-refractivity contribution in [3.05, 3.63) is 36.1 Å². The summed E-state index contributed by atoms with van der Waals surface area (Å²) in [7, 11) is -2.50. The molecule has 2 saturated carbocycles. The fraction of sp³-hybridized carbons (Fsp3) is 0.500. The van der Waals surface area contributed by atoms with Gasteiger partial charge in [0.2, 0.25) is 0 Å². The normalized spacial score (nSPS) is 27.3. The first-order chi connectivity index (χ1) is 12.2. The van der Waals surface area contributed by atoms with Gasteiger partial charge in [-0.05, 0) is 38.2 Å². The Morgan fingerprint density at radius 2 is 2.15 bits per heavy atom. The summed E-state index contributed by atoms with van der Waals surface area (Å²) < 4.78 is 33.8. The monoisotopic (exact) mass is 440 g/mol. The Hall–Kier alpha value is -1.38. The number of carbonyl (C=O) groups excluding carboxylic acids is 1. The number of nitrogens with one attached hydrogen (secondary N) is 1. The summed E-state index contributed by atoms with van der Waals surface area (Å²) in [4.78, 5) is 12.6. The van der Waals surface area contributed by atoms with Crippen LogP contribution in [0, 0.1) is 11.3 Å². The molecule has 0 bridgehead atoms. The second-order valence-electron chi connectivity index (χ2n) is 7.45. The van der Waals surface area contributed by atoms with E-state index in [1.807, 2.05) is 6.92 Å². The highest BCUT2D eigenvalue weighted by atomic mass is 79.9. The molecule has 8 heteroatoms. The summed E-state index contributed by atoms with van der Waals surface area (Å²) >= 11 is 3.66. The molecule has 2 aromatic rings. The molecular weight excluding hydrogens is 420 g/mol. The zero-order valence-electron chi connectivity index (χ0n) is 14.7. The molecule has 1 N–H and O–H groups in total. The molecule has 4 rings (SSSR count). The van der Waals surface area contributed by atoms with Crippen LogP contribution < -0.4 is 4.72 Å². The van der Waals surface area contributed by atoms with E-state index in [1.165, 1.54) is 17.6 Å². The molecule has 1 aromatic carbocycles. The van der Waals surface area contributed by atoms with Gasteiger partial charge in [0, 0.05) is 17.8 Å². The topological polar surface area (TPSA) is 79.6 Å². The summed E-state index contributed by atoms with van der Waals surface area (Å²) in [6.07, 6.45) is 5.57. The molecular formula is C18H21BrN2O4S. The molecule has 2 aliphatic rings.